The van der Waals surface area contributed by atoms with Crippen molar-refractivity contribution in [2.75, 3.05) is 20.8 Å². The molecule has 1 atom stereocenters. The standard InChI is InChI=1S/C20H24N2O4/c1-4-16(12-25-2)22-20(24)14-7-5-13(6-8-14)17-11-15(19(21)23)9-10-18(17)26-3/h5-11,16H,4,12H2,1-3H3,(H2,21,23)(H,22,24). The zero-order chi connectivity index (χ0) is 19.1. The van der Waals surface area contributed by atoms with Crippen LogP contribution in [-0.2, 0) is 4.74 Å². The third-order valence-corrected chi connectivity index (χ3v) is 4.14. The molecule has 0 aromatic heterocycles. The van der Waals surface area contributed by atoms with Gasteiger partial charge in [0, 0.05) is 23.8 Å². The molecule has 0 aliphatic heterocycles. The molecule has 2 amide bonds. The summed E-state index contributed by atoms with van der Waals surface area (Å²) in [6.45, 7) is 2.46. The van der Waals surface area contributed by atoms with Gasteiger partial charge in [-0.05, 0) is 42.3 Å². The molecule has 138 valence electrons. The average molecular weight is 356 g/mol. The lowest BCUT2D eigenvalue weighted by Crippen LogP contribution is -2.37. The number of hydrogen-bond acceptors (Lipinski definition) is 4. The number of carbonyl (C=O) groups excluding carboxylic acids is 2. The van der Waals surface area contributed by atoms with Gasteiger partial charge in [0.25, 0.3) is 5.91 Å². The number of amides is 2. The minimum absolute atomic E-state index is 0.0282. The van der Waals surface area contributed by atoms with E-state index in [4.69, 9.17) is 15.2 Å². The molecule has 1 unspecified atom stereocenters. The molecular weight excluding hydrogens is 332 g/mol. The summed E-state index contributed by atoms with van der Waals surface area (Å²) in [5, 5.41) is 2.94. The summed E-state index contributed by atoms with van der Waals surface area (Å²) in [4.78, 5) is 23.8. The van der Waals surface area contributed by atoms with Crippen LogP contribution in [0.3, 0.4) is 0 Å². The third kappa shape index (κ3) is 4.61. The van der Waals surface area contributed by atoms with Crippen LogP contribution in [-0.4, -0.2) is 38.7 Å². The fourth-order valence-corrected chi connectivity index (χ4v) is 2.62. The van der Waals surface area contributed by atoms with Crippen LogP contribution < -0.4 is 15.8 Å². The first kappa shape index (κ1) is 19.5. The van der Waals surface area contributed by atoms with Crippen molar-refractivity contribution in [2.24, 2.45) is 5.73 Å². The summed E-state index contributed by atoms with van der Waals surface area (Å²) in [6, 6.07) is 12.1. The lowest BCUT2D eigenvalue weighted by atomic mass is 10.00. The fraction of sp³-hybridized carbons (Fsp3) is 0.300. The van der Waals surface area contributed by atoms with Crippen molar-refractivity contribution in [3.8, 4) is 16.9 Å². The molecule has 6 heteroatoms. The first-order valence-corrected chi connectivity index (χ1v) is 8.38. The molecule has 26 heavy (non-hydrogen) atoms. The van der Waals surface area contributed by atoms with Gasteiger partial charge in [0.15, 0.2) is 0 Å². The summed E-state index contributed by atoms with van der Waals surface area (Å²) in [6.07, 6.45) is 0.786. The average Bonchev–Trinajstić information content (AvgIpc) is 2.67. The first-order chi connectivity index (χ1) is 12.5. The van der Waals surface area contributed by atoms with Crippen LogP contribution >= 0.6 is 0 Å². The number of ether oxygens (including phenoxy) is 2. The van der Waals surface area contributed by atoms with Gasteiger partial charge in [-0.1, -0.05) is 19.1 Å². The van der Waals surface area contributed by atoms with Crippen LogP contribution in [0.5, 0.6) is 5.75 Å². The van der Waals surface area contributed by atoms with Gasteiger partial charge in [0.1, 0.15) is 5.75 Å². The van der Waals surface area contributed by atoms with Gasteiger partial charge in [0.05, 0.1) is 19.8 Å². The van der Waals surface area contributed by atoms with Crippen molar-refractivity contribution in [1.29, 1.82) is 0 Å². The zero-order valence-corrected chi connectivity index (χ0v) is 15.2. The normalized spacial score (nSPS) is 11.7. The highest BCUT2D eigenvalue weighted by molar-refractivity contribution is 5.96. The predicted molar refractivity (Wildman–Crippen MR) is 100 cm³/mol. The van der Waals surface area contributed by atoms with Crippen LogP contribution in [0.1, 0.15) is 34.1 Å². The zero-order valence-electron chi connectivity index (χ0n) is 15.2. The van der Waals surface area contributed by atoms with Gasteiger partial charge in [-0.15, -0.1) is 0 Å². The van der Waals surface area contributed by atoms with E-state index >= 15 is 0 Å². The van der Waals surface area contributed by atoms with E-state index < -0.39 is 5.91 Å². The maximum absolute atomic E-state index is 12.4. The Morgan fingerprint density at radius 3 is 2.27 bits per heavy atom. The molecule has 3 N–H and O–H groups in total. The lowest BCUT2D eigenvalue weighted by molar-refractivity contribution is 0.0894. The highest BCUT2D eigenvalue weighted by atomic mass is 16.5. The monoisotopic (exact) mass is 356 g/mol. The minimum atomic E-state index is -0.506. The topological polar surface area (TPSA) is 90.6 Å². The van der Waals surface area contributed by atoms with Crippen molar-refractivity contribution < 1.29 is 19.1 Å². The minimum Gasteiger partial charge on any atom is -0.496 e. The number of hydrogen-bond donors (Lipinski definition) is 2. The molecule has 0 spiro atoms. The fourth-order valence-electron chi connectivity index (χ4n) is 2.62. The number of nitrogens with one attached hydrogen (secondary N) is 1. The Bertz CT molecular complexity index is 772. The second kappa shape index (κ2) is 9.01. The molecule has 0 aliphatic carbocycles. The van der Waals surface area contributed by atoms with Crippen LogP contribution in [0.15, 0.2) is 42.5 Å². The van der Waals surface area contributed by atoms with E-state index in [2.05, 4.69) is 5.32 Å². The van der Waals surface area contributed by atoms with E-state index in [1.807, 2.05) is 19.1 Å². The molecular formula is C20H24N2O4. The second-order valence-electron chi connectivity index (χ2n) is 5.89. The van der Waals surface area contributed by atoms with E-state index in [9.17, 15) is 9.59 Å². The molecule has 6 nitrogen and oxygen atoms in total. The number of methoxy groups -OCH3 is 2. The van der Waals surface area contributed by atoms with Gasteiger partial charge >= 0.3 is 0 Å². The highest BCUT2D eigenvalue weighted by Gasteiger charge is 2.14. The van der Waals surface area contributed by atoms with E-state index in [1.54, 1.807) is 44.6 Å². The van der Waals surface area contributed by atoms with Gasteiger partial charge in [-0.3, -0.25) is 9.59 Å². The van der Waals surface area contributed by atoms with E-state index in [1.165, 1.54) is 0 Å². The summed E-state index contributed by atoms with van der Waals surface area (Å²) in [7, 11) is 3.17. The Hall–Kier alpha value is -2.86. The van der Waals surface area contributed by atoms with Crippen molar-refractivity contribution >= 4 is 11.8 Å². The first-order valence-electron chi connectivity index (χ1n) is 8.38. The smallest absolute Gasteiger partial charge is 0.251 e. The SMILES string of the molecule is CCC(COC)NC(=O)c1ccc(-c2cc(C(N)=O)ccc2OC)cc1. The van der Waals surface area contributed by atoms with Gasteiger partial charge in [0.2, 0.25) is 5.91 Å². The largest absolute Gasteiger partial charge is 0.496 e. The Morgan fingerprint density at radius 1 is 1.08 bits per heavy atom. The molecule has 0 saturated carbocycles. The number of rotatable bonds is 8. The summed E-state index contributed by atoms with van der Waals surface area (Å²) in [5.74, 6) is -0.0368. The summed E-state index contributed by atoms with van der Waals surface area (Å²) >= 11 is 0. The van der Waals surface area contributed by atoms with Crippen molar-refractivity contribution in [3.63, 3.8) is 0 Å². The Morgan fingerprint density at radius 2 is 1.73 bits per heavy atom. The Kier molecular flexibility index (Phi) is 6.74. The molecule has 0 bridgehead atoms. The van der Waals surface area contributed by atoms with Gasteiger partial charge < -0.3 is 20.5 Å². The molecule has 0 fully saturated rings. The third-order valence-electron chi connectivity index (χ3n) is 4.14. The lowest BCUT2D eigenvalue weighted by Gasteiger charge is -2.16. The quantitative estimate of drug-likeness (QED) is 0.761. The van der Waals surface area contributed by atoms with Crippen LogP contribution in [0.25, 0.3) is 11.1 Å². The van der Waals surface area contributed by atoms with Crippen molar-refractivity contribution in [2.45, 2.75) is 19.4 Å². The number of primary amides is 1. The van der Waals surface area contributed by atoms with Crippen LogP contribution in [0.4, 0.5) is 0 Å². The predicted octanol–water partition coefficient (Wildman–Crippen LogP) is 2.62. The molecule has 2 aromatic rings. The van der Waals surface area contributed by atoms with E-state index in [0.717, 1.165) is 17.5 Å². The van der Waals surface area contributed by atoms with E-state index in [-0.39, 0.29) is 11.9 Å². The molecule has 0 heterocycles. The van der Waals surface area contributed by atoms with Crippen molar-refractivity contribution in [1.82, 2.24) is 5.32 Å². The maximum atomic E-state index is 12.4. The second-order valence-corrected chi connectivity index (χ2v) is 5.89. The van der Waals surface area contributed by atoms with Gasteiger partial charge in [-0.2, -0.15) is 0 Å². The molecule has 0 saturated heterocycles. The summed E-state index contributed by atoms with van der Waals surface area (Å²) in [5.41, 5.74) is 7.86. The summed E-state index contributed by atoms with van der Waals surface area (Å²) < 4.78 is 10.5. The van der Waals surface area contributed by atoms with Crippen LogP contribution in [0.2, 0.25) is 0 Å². The number of carbonyl (C=O) groups is 2. The maximum Gasteiger partial charge on any atom is 0.251 e. The highest BCUT2D eigenvalue weighted by Crippen LogP contribution is 2.31. The molecule has 2 rings (SSSR count). The van der Waals surface area contributed by atoms with E-state index in [0.29, 0.717) is 23.5 Å². The molecule has 0 radical (unpaired) electrons. The molecule has 0 aliphatic rings. The number of benzene rings is 2. The Balaban J connectivity index is 2.25. The van der Waals surface area contributed by atoms with Crippen LogP contribution in [0, 0.1) is 0 Å². The van der Waals surface area contributed by atoms with Gasteiger partial charge in [-0.25, -0.2) is 0 Å². The molecule has 2 aromatic carbocycles. The Labute approximate surface area is 153 Å². The number of nitrogens with two attached hydrogens (primary N) is 1. The van der Waals surface area contributed by atoms with Crippen molar-refractivity contribution in [3.05, 3.63) is 53.6 Å².